The first-order valence-corrected chi connectivity index (χ1v) is 7.91. The molecule has 3 heteroatoms. The Labute approximate surface area is 132 Å². The number of pyridine rings is 1. The van der Waals surface area contributed by atoms with Gasteiger partial charge in [0.1, 0.15) is 6.29 Å². The number of fused-ring (bicyclic) bond motifs is 2. The van der Waals surface area contributed by atoms with Crippen LogP contribution in [0.3, 0.4) is 0 Å². The Morgan fingerprint density at radius 2 is 2.05 bits per heavy atom. The number of benzene rings is 1. The normalized spacial score (nSPS) is 23.5. The minimum absolute atomic E-state index is 0.0678. The predicted molar refractivity (Wildman–Crippen MR) is 90.1 cm³/mol. The lowest BCUT2D eigenvalue weighted by molar-refractivity contribution is -0.111. The molecule has 1 aromatic carbocycles. The number of para-hydroxylation sites is 1. The van der Waals surface area contributed by atoms with E-state index in [1.54, 1.807) is 0 Å². The molecule has 0 N–H and O–H groups in total. The molecule has 2 aromatic rings. The second-order valence-corrected chi connectivity index (χ2v) is 7.41. The van der Waals surface area contributed by atoms with Crippen LogP contribution < -0.4 is 0 Å². The summed E-state index contributed by atoms with van der Waals surface area (Å²) in [6.45, 7) is 5.44. The van der Waals surface area contributed by atoms with E-state index in [1.807, 2.05) is 18.2 Å². The molecule has 1 aromatic heterocycles. The molecule has 0 saturated heterocycles. The van der Waals surface area contributed by atoms with Gasteiger partial charge >= 0.3 is 0 Å². The first kappa shape index (κ1) is 15.2. The lowest BCUT2D eigenvalue weighted by Gasteiger charge is -2.44. The molecule has 2 atom stereocenters. The van der Waals surface area contributed by atoms with Gasteiger partial charge in [0, 0.05) is 23.5 Å². The van der Waals surface area contributed by atoms with Crippen LogP contribution in [-0.4, -0.2) is 36.8 Å². The highest BCUT2D eigenvalue weighted by Crippen LogP contribution is 2.46. The number of carbonyl (C=O) groups excluding carboxylic acids is 1. The summed E-state index contributed by atoms with van der Waals surface area (Å²) in [6, 6.07) is 10.3. The van der Waals surface area contributed by atoms with Crippen molar-refractivity contribution < 1.29 is 4.79 Å². The zero-order valence-corrected chi connectivity index (χ0v) is 13.8. The van der Waals surface area contributed by atoms with Gasteiger partial charge in [-0.05, 0) is 49.5 Å². The molecule has 1 aliphatic rings. The summed E-state index contributed by atoms with van der Waals surface area (Å²) in [7, 11) is 4.15. The Hall–Kier alpha value is -1.74. The molecule has 3 nitrogen and oxygen atoms in total. The summed E-state index contributed by atoms with van der Waals surface area (Å²) in [5.41, 5.74) is 3.31. The highest BCUT2D eigenvalue weighted by atomic mass is 16.1. The van der Waals surface area contributed by atoms with Crippen LogP contribution in [0.1, 0.15) is 31.0 Å². The molecule has 3 rings (SSSR count). The van der Waals surface area contributed by atoms with E-state index in [0.717, 1.165) is 41.4 Å². The summed E-state index contributed by atoms with van der Waals surface area (Å²) < 4.78 is 0. The van der Waals surface area contributed by atoms with Crippen molar-refractivity contribution in [3.63, 3.8) is 0 Å². The molecule has 0 aliphatic heterocycles. The minimum atomic E-state index is -0.0711. The molecule has 0 spiro atoms. The molecule has 2 unspecified atom stereocenters. The largest absolute Gasteiger partial charge is 0.309 e. The third-order valence-electron chi connectivity index (χ3n) is 4.96. The van der Waals surface area contributed by atoms with Gasteiger partial charge in [0.2, 0.25) is 0 Å². The highest BCUT2D eigenvalue weighted by molar-refractivity contribution is 5.81. The van der Waals surface area contributed by atoms with Gasteiger partial charge in [0.15, 0.2) is 0 Å². The van der Waals surface area contributed by atoms with Crippen LogP contribution in [0.2, 0.25) is 0 Å². The van der Waals surface area contributed by atoms with Crippen molar-refractivity contribution in [2.75, 3.05) is 20.6 Å². The van der Waals surface area contributed by atoms with Gasteiger partial charge in [-0.3, -0.25) is 4.98 Å². The number of hydrogen-bond acceptors (Lipinski definition) is 3. The van der Waals surface area contributed by atoms with Gasteiger partial charge in [-0.25, -0.2) is 0 Å². The molecule has 1 heterocycles. The number of carbonyl (C=O) groups is 1. The maximum Gasteiger partial charge on any atom is 0.127 e. The smallest absolute Gasteiger partial charge is 0.127 e. The third kappa shape index (κ3) is 2.54. The van der Waals surface area contributed by atoms with Crippen LogP contribution in [0.4, 0.5) is 0 Å². The molecule has 22 heavy (non-hydrogen) atoms. The highest BCUT2D eigenvalue weighted by Gasteiger charge is 2.42. The number of hydrogen-bond donors (Lipinski definition) is 0. The maximum atomic E-state index is 11.9. The Bertz CT molecular complexity index is 706. The standard InChI is InChI=1S/C19H24N2O/c1-19(2)10-18-14(15(12-22)16(19)11-21(3)4)9-13-7-5-6-8-17(13)20-18/h5-9,12,15-16H,10-11H2,1-4H3. The van der Waals surface area contributed by atoms with Crippen molar-refractivity contribution in [3.05, 3.63) is 41.6 Å². The lowest BCUT2D eigenvalue weighted by atomic mass is 9.62. The van der Waals surface area contributed by atoms with Crippen molar-refractivity contribution in [1.29, 1.82) is 0 Å². The van der Waals surface area contributed by atoms with Crippen LogP contribution in [-0.2, 0) is 11.2 Å². The fourth-order valence-electron chi connectivity index (χ4n) is 3.79. The summed E-state index contributed by atoms with van der Waals surface area (Å²) in [5.74, 6) is 0.244. The molecule has 0 radical (unpaired) electrons. The number of nitrogens with zero attached hydrogens (tertiary/aromatic N) is 2. The molecule has 0 saturated carbocycles. The van der Waals surface area contributed by atoms with E-state index >= 15 is 0 Å². The van der Waals surface area contributed by atoms with E-state index in [2.05, 4.69) is 45.0 Å². The monoisotopic (exact) mass is 296 g/mol. The zero-order valence-electron chi connectivity index (χ0n) is 13.8. The Morgan fingerprint density at radius 1 is 1.32 bits per heavy atom. The van der Waals surface area contributed by atoms with Gasteiger partial charge in [-0.2, -0.15) is 0 Å². The predicted octanol–water partition coefficient (Wildman–Crippen LogP) is 3.28. The van der Waals surface area contributed by atoms with Gasteiger partial charge < -0.3 is 9.69 Å². The summed E-state index contributed by atoms with van der Waals surface area (Å²) >= 11 is 0. The summed E-state index contributed by atoms with van der Waals surface area (Å²) in [5, 5.41) is 1.12. The van der Waals surface area contributed by atoms with Gasteiger partial charge in [0.05, 0.1) is 5.52 Å². The molecular formula is C19H24N2O. The average molecular weight is 296 g/mol. The van der Waals surface area contributed by atoms with E-state index < -0.39 is 0 Å². The van der Waals surface area contributed by atoms with E-state index in [9.17, 15) is 4.79 Å². The summed E-state index contributed by atoms with van der Waals surface area (Å²) in [4.78, 5) is 18.9. The van der Waals surface area contributed by atoms with Crippen molar-refractivity contribution in [3.8, 4) is 0 Å². The van der Waals surface area contributed by atoms with Crippen molar-refractivity contribution in [1.82, 2.24) is 9.88 Å². The van der Waals surface area contributed by atoms with Gasteiger partial charge in [0.25, 0.3) is 0 Å². The molecule has 0 amide bonds. The van der Waals surface area contributed by atoms with E-state index in [1.165, 1.54) is 0 Å². The van der Waals surface area contributed by atoms with Crippen molar-refractivity contribution in [2.24, 2.45) is 11.3 Å². The minimum Gasteiger partial charge on any atom is -0.309 e. The Morgan fingerprint density at radius 3 is 2.73 bits per heavy atom. The Kier molecular flexibility index (Phi) is 3.77. The number of aldehydes is 1. The Balaban J connectivity index is 2.15. The second-order valence-electron chi connectivity index (χ2n) is 7.41. The van der Waals surface area contributed by atoms with E-state index in [4.69, 9.17) is 4.98 Å². The molecule has 1 aliphatic carbocycles. The van der Waals surface area contributed by atoms with E-state index in [-0.39, 0.29) is 11.3 Å². The number of aromatic nitrogens is 1. The fraction of sp³-hybridized carbons (Fsp3) is 0.474. The van der Waals surface area contributed by atoms with E-state index in [0.29, 0.717) is 5.92 Å². The first-order chi connectivity index (χ1) is 10.4. The average Bonchev–Trinajstić information content (AvgIpc) is 2.45. The third-order valence-corrected chi connectivity index (χ3v) is 4.96. The molecule has 0 fully saturated rings. The molecule has 0 bridgehead atoms. The van der Waals surface area contributed by atoms with Crippen LogP contribution in [0.5, 0.6) is 0 Å². The second kappa shape index (κ2) is 5.47. The van der Waals surface area contributed by atoms with Gasteiger partial charge in [-0.1, -0.05) is 32.0 Å². The van der Waals surface area contributed by atoms with Crippen LogP contribution in [0, 0.1) is 11.3 Å². The number of rotatable bonds is 3. The van der Waals surface area contributed by atoms with Crippen LogP contribution >= 0.6 is 0 Å². The van der Waals surface area contributed by atoms with Crippen molar-refractivity contribution in [2.45, 2.75) is 26.2 Å². The fourth-order valence-corrected chi connectivity index (χ4v) is 3.79. The zero-order chi connectivity index (χ0) is 15.9. The first-order valence-electron chi connectivity index (χ1n) is 7.91. The summed E-state index contributed by atoms with van der Waals surface area (Å²) in [6.07, 6.45) is 2.06. The van der Waals surface area contributed by atoms with Gasteiger partial charge in [-0.15, -0.1) is 0 Å². The van der Waals surface area contributed by atoms with Crippen molar-refractivity contribution >= 4 is 17.2 Å². The lowest BCUT2D eigenvalue weighted by Crippen LogP contribution is -2.43. The van der Waals surface area contributed by atoms with Crippen LogP contribution in [0.15, 0.2) is 30.3 Å². The molecule has 116 valence electrons. The quantitative estimate of drug-likeness (QED) is 0.815. The molecular weight excluding hydrogens is 272 g/mol. The maximum absolute atomic E-state index is 11.9. The topological polar surface area (TPSA) is 33.2 Å². The SMILES string of the molecule is CN(C)CC1C(C=O)c2cc3ccccc3nc2CC1(C)C. The van der Waals surface area contributed by atoms with Crippen LogP contribution in [0.25, 0.3) is 10.9 Å².